The lowest BCUT2D eigenvalue weighted by Crippen LogP contribution is -2.46. The molecule has 1 unspecified atom stereocenters. The van der Waals surface area contributed by atoms with E-state index < -0.39 is 11.2 Å². The van der Waals surface area contributed by atoms with Crippen LogP contribution in [0.3, 0.4) is 0 Å². The van der Waals surface area contributed by atoms with Crippen molar-refractivity contribution in [3.8, 4) is 5.75 Å². The third kappa shape index (κ3) is 7.61. The summed E-state index contributed by atoms with van der Waals surface area (Å²) in [5, 5.41) is 3.26. The molecule has 3 aromatic rings. The normalized spacial score (nSPS) is 16.2. The van der Waals surface area contributed by atoms with Crippen molar-refractivity contribution in [3.63, 3.8) is 0 Å². The monoisotopic (exact) mass is 565 g/mol. The van der Waals surface area contributed by atoms with E-state index in [0.29, 0.717) is 45.8 Å². The Bertz CT molecular complexity index is 1340. The Labute approximate surface area is 236 Å². The van der Waals surface area contributed by atoms with Gasteiger partial charge in [0.15, 0.2) is 5.17 Å². The summed E-state index contributed by atoms with van der Waals surface area (Å²) in [6.07, 6.45) is 0.633. The number of hydrogen-bond donors (Lipinski definition) is 1. The molecule has 0 radical (unpaired) electrons. The molecule has 0 spiro atoms. The van der Waals surface area contributed by atoms with Crippen LogP contribution in [0.4, 0.5) is 11.4 Å². The van der Waals surface area contributed by atoms with E-state index in [1.165, 1.54) is 11.8 Å². The minimum Gasteiger partial charge on any atom is -0.497 e. The first kappa shape index (κ1) is 28.2. The van der Waals surface area contributed by atoms with Gasteiger partial charge in [0.25, 0.3) is 0 Å². The van der Waals surface area contributed by atoms with Crippen molar-refractivity contribution in [2.45, 2.75) is 25.0 Å². The maximum absolute atomic E-state index is 13.3. The summed E-state index contributed by atoms with van der Waals surface area (Å²) in [4.78, 5) is 44.7. The summed E-state index contributed by atoms with van der Waals surface area (Å²) >= 11 is 7.25. The zero-order chi connectivity index (χ0) is 27.8. The Kier molecular flexibility index (Phi) is 9.62. The number of aliphatic imine (C=N–C) groups is 1. The molecular formula is C29H28ClN3O5S. The number of thioether (sulfide) groups is 1. The van der Waals surface area contributed by atoms with Crippen molar-refractivity contribution in [1.82, 2.24) is 4.90 Å². The van der Waals surface area contributed by atoms with Crippen LogP contribution in [0.25, 0.3) is 0 Å². The number of amides is 2. The van der Waals surface area contributed by atoms with Gasteiger partial charge in [0.05, 0.1) is 25.0 Å². The lowest BCUT2D eigenvalue weighted by atomic mass is 10.1. The molecule has 1 saturated heterocycles. The van der Waals surface area contributed by atoms with Gasteiger partial charge in [-0.15, -0.1) is 0 Å². The number of esters is 1. The van der Waals surface area contributed by atoms with Gasteiger partial charge >= 0.3 is 5.97 Å². The van der Waals surface area contributed by atoms with Crippen molar-refractivity contribution < 1.29 is 23.9 Å². The third-order valence-electron chi connectivity index (χ3n) is 5.93. The molecule has 10 heteroatoms. The fraction of sp³-hybridized carbons (Fsp3) is 0.241. The van der Waals surface area contributed by atoms with Gasteiger partial charge in [0, 0.05) is 23.7 Å². The Balaban J connectivity index is 1.51. The summed E-state index contributed by atoms with van der Waals surface area (Å²) in [5.74, 6) is -0.246. The van der Waals surface area contributed by atoms with E-state index in [0.717, 1.165) is 5.56 Å². The number of rotatable bonds is 9. The lowest BCUT2D eigenvalue weighted by molar-refractivity contribution is -0.129. The number of anilines is 1. The molecule has 0 aliphatic carbocycles. The van der Waals surface area contributed by atoms with Gasteiger partial charge in [-0.25, -0.2) is 9.79 Å². The quantitative estimate of drug-likeness (QED) is 0.333. The highest BCUT2D eigenvalue weighted by Crippen LogP contribution is 2.31. The fourth-order valence-corrected chi connectivity index (χ4v) is 5.10. The Morgan fingerprint density at radius 2 is 1.74 bits per heavy atom. The van der Waals surface area contributed by atoms with Gasteiger partial charge in [-0.1, -0.05) is 35.5 Å². The van der Waals surface area contributed by atoms with E-state index in [-0.39, 0.29) is 24.8 Å². The predicted molar refractivity (Wildman–Crippen MR) is 154 cm³/mol. The summed E-state index contributed by atoms with van der Waals surface area (Å²) < 4.78 is 10.2. The first-order valence-corrected chi connectivity index (χ1v) is 13.6. The Morgan fingerprint density at radius 1 is 1.05 bits per heavy atom. The average molecular weight is 566 g/mol. The van der Waals surface area contributed by atoms with E-state index in [2.05, 4.69) is 5.32 Å². The topological polar surface area (TPSA) is 97.3 Å². The average Bonchev–Trinajstić information content (AvgIpc) is 2.94. The molecule has 0 aromatic heterocycles. The molecule has 8 nitrogen and oxygen atoms in total. The molecule has 1 heterocycles. The second-order valence-corrected chi connectivity index (χ2v) is 10.2. The number of nitrogens with zero attached hydrogens (tertiary/aromatic N) is 2. The van der Waals surface area contributed by atoms with E-state index in [1.807, 2.05) is 24.3 Å². The van der Waals surface area contributed by atoms with Crippen LogP contribution >= 0.6 is 23.4 Å². The van der Waals surface area contributed by atoms with Crippen LogP contribution < -0.4 is 10.1 Å². The van der Waals surface area contributed by atoms with Crippen molar-refractivity contribution >= 4 is 57.7 Å². The van der Waals surface area contributed by atoms with Crippen LogP contribution in [0.1, 0.15) is 29.3 Å². The van der Waals surface area contributed by atoms with Crippen LogP contribution in [0.2, 0.25) is 5.02 Å². The van der Waals surface area contributed by atoms with Gasteiger partial charge in [-0.2, -0.15) is 0 Å². The molecule has 1 aliphatic heterocycles. The Hall–Kier alpha value is -3.82. The largest absolute Gasteiger partial charge is 0.497 e. The van der Waals surface area contributed by atoms with E-state index in [4.69, 9.17) is 26.1 Å². The molecule has 1 N–H and O–H groups in total. The van der Waals surface area contributed by atoms with Crippen LogP contribution in [0, 0.1) is 0 Å². The van der Waals surface area contributed by atoms with Gasteiger partial charge in [0.2, 0.25) is 11.8 Å². The predicted octanol–water partition coefficient (Wildman–Crippen LogP) is 5.73. The standard InChI is InChI=1S/C29H28ClN3O5S/c1-3-38-28(36)20-6-10-22(11-7-20)31-27(35)25-18-26(34)33(17-16-19-4-8-21(30)9-5-19)29(39-25)32-23-12-14-24(37-2)15-13-23/h4-15,25H,3,16-18H2,1-2H3,(H,31,35). The second-order valence-electron chi connectivity index (χ2n) is 8.61. The maximum Gasteiger partial charge on any atom is 0.338 e. The molecule has 1 aliphatic rings. The summed E-state index contributed by atoms with van der Waals surface area (Å²) in [5.41, 5.74) is 2.58. The van der Waals surface area contributed by atoms with Gasteiger partial charge in [-0.05, 0) is 79.6 Å². The number of hydrogen-bond acceptors (Lipinski definition) is 7. The highest BCUT2D eigenvalue weighted by atomic mass is 35.5. The van der Waals surface area contributed by atoms with Crippen LogP contribution in [0.5, 0.6) is 5.75 Å². The lowest BCUT2D eigenvalue weighted by Gasteiger charge is -2.32. The van der Waals surface area contributed by atoms with E-state index in [9.17, 15) is 14.4 Å². The van der Waals surface area contributed by atoms with E-state index in [1.54, 1.807) is 67.5 Å². The molecule has 0 bridgehead atoms. The molecule has 3 aromatic carbocycles. The zero-order valence-corrected chi connectivity index (χ0v) is 23.1. The summed E-state index contributed by atoms with van der Waals surface area (Å²) in [6.45, 7) is 2.42. The van der Waals surface area contributed by atoms with Gasteiger partial charge < -0.3 is 14.8 Å². The number of amidine groups is 1. The minimum absolute atomic E-state index is 0.0274. The molecule has 39 heavy (non-hydrogen) atoms. The molecule has 4 rings (SSSR count). The Morgan fingerprint density at radius 3 is 2.38 bits per heavy atom. The van der Waals surface area contributed by atoms with Crippen molar-refractivity contribution in [2.75, 3.05) is 25.6 Å². The molecule has 0 saturated carbocycles. The number of carbonyl (C=O) groups is 3. The van der Waals surface area contributed by atoms with Crippen molar-refractivity contribution in [2.24, 2.45) is 4.99 Å². The first-order valence-electron chi connectivity index (χ1n) is 12.4. The first-order chi connectivity index (χ1) is 18.9. The van der Waals surface area contributed by atoms with Crippen LogP contribution in [-0.4, -0.2) is 53.4 Å². The molecule has 1 fully saturated rings. The third-order valence-corrected chi connectivity index (χ3v) is 7.37. The number of methoxy groups -OCH3 is 1. The smallest absolute Gasteiger partial charge is 0.338 e. The van der Waals surface area contributed by atoms with Crippen LogP contribution in [-0.2, 0) is 20.7 Å². The van der Waals surface area contributed by atoms with Gasteiger partial charge in [-0.3, -0.25) is 14.5 Å². The molecule has 202 valence electrons. The fourth-order valence-electron chi connectivity index (χ4n) is 3.85. The van der Waals surface area contributed by atoms with Crippen LogP contribution in [0.15, 0.2) is 77.8 Å². The molecule has 1 atom stereocenters. The number of carbonyl (C=O) groups excluding carboxylic acids is 3. The zero-order valence-electron chi connectivity index (χ0n) is 21.6. The van der Waals surface area contributed by atoms with E-state index >= 15 is 0 Å². The highest BCUT2D eigenvalue weighted by molar-refractivity contribution is 8.15. The number of ether oxygens (including phenoxy) is 2. The molecule has 2 amide bonds. The SMILES string of the molecule is CCOC(=O)c1ccc(NC(=O)C2CC(=O)N(CCc3ccc(Cl)cc3)C(=Nc3ccc(OC)cc3)S2)cc1. The maximum atomic E-state index is 13.3. The second kappa shape index (κ2) is 13.3. The summed E-state index contributed by atoms with van der Waals surface area (Å²) in [7, 11) is 1.59. The summed E-state index contributed by atoms with van der Waals surface area (Å²) in [6, 6.07) is 21.1. The van der Waals surface area contributed by atoms with Gasteiger partial charge in [0.1, 0.15) is 11.0 Å². The molecular weight excluding hydrogens is 538 g/mol. The highest BCUT2D eigenvalue weighted by Gasteiger charge is 2.35. The minimum atomic E-state index is -0.675. The number of halogens is 1. The number of nitrogens with one attached hydrogen (secondary N) is 1. The van der Waals surface area contributed by atoms with Crippen molar-refractivity contribution in [3.05, 3.63) is 88.9 Å². The van der Waals surface area contributed by atoms with Crippen molar-refractivity contribution in [1.29, 1.82) is 0 Å². The number of benzene rings is 3.